The zero-order chi connectivity index (χ0) is 21.9. The highest BCUT2D eigenvalue weighted by Gasteiger charge is 2.57. The fourth-order valence-electron chi connectivity index (χ4n) is 4.62. The van der Waals surface area contributed by atoms with E-state index >= 15 is 0 Å². The Morgan fingerprint density at radius 2 is 1.73 bits per heavy atom. The monoisotopic (exact) mass is 433 g/mol. The fourth-order valence-corrected chi connectivity index (χ4v) is 5.31. The lowest BCUT2D eigenvalue weighted by Crippen LogP contribution is -2.58. The quantitative estimate of drug-likeness (QED) is 0.585. The number of carbonyl (C=O) groups is 2. The molecule has 2 aliphatic heterocycles. The number of hydrogen-bond donors (Lipinski definition) is 0. The number of benzene rings is 1. The summed E-state index contributed by atoms with van der Waals surface area (Å²) in [6, 6.07) is 7.92. The van der Waals surface area contributed by atoms with Crippen LogP contribution in [0.1, 0.15) is 39.2 Å². The number of carbonyl (C=O) groups excluding carboxylic acids is 2. The number of amides is 3. The Bertz CT molecular complexity index is 745. The van der Waals surface area contributed by atoms with Gasteiger partial charge in [0, 0.05) is 31.4 Å². The number of nitrogens with zero attached hydrogens (tertiary/aromatic N) is 3. The largest absolute Gasteiger partial charge is 0.497 e. The average Bonchev–Trinajstić information content (AvgIpc) is 2.91. The van der Waals surface area contributed by atoms with Gasteiger partial charge in [0.1, 0.15) is 11.3 Å². The van der Waals surface area contributed by atoms with Crippen molar-refractivity contribution in [1.82, 2.24) is 14.7 Å². The third-order valence-electron chi connectivity index (χ3n) is 6.33. The van der Waals surface area contributed by atoms with E-state index in [-0.39, 0.29) is 11.9 Å². The van der Waals surface area contributed by atoms with Crippen LogP contribution in [0.4, 0.5) is 4.79 Å². The predicted molar refractivity (Wildman–Crippen MR) is 122 cm³/mol. The van der Waals surface area contributed by atoms with Crippen LogP contribution in [0.15, 0.2) is 24.3 Å². The number of imide groups is 1. The van der Waals surface area contributed by atoms with Gasteiger partial charge in [-0.15, -0.1) is 0 Å². The molecule has 1 atom stereocenters. The topological polar surface area (TPSA) is 53.1 Å². The van der Waals surface area contributed by atoms with E-state index in [0.29, 0.717) is 37.9 Å². The molecule has 3 amide bonds. The van der Waals surface area contributed by atoms with Crippen LogP contribution >= 0.6 is 11.8 Å². The van der Waals surface area contributed by atoms with E-state index in [0.717, 1.165) is 30.2 Å². The normalized spacial score (nSPS) is 20.5. The smallest absolute Gasteiger partial charge is 0.327 e. The fraction of sp³-hybridized carbons (Fsp3) is 0.652. The Balaban J connectivity index is 1.81. The summed E-state index contributed by atoms with van der Waals surface area (Å²) in [7, 11) is 1.63. The first-order valence-corrected chi connectivity index (χ1v) is 12.2. The molecule has 0 N–H and O–H groups in total. The van der Waals surface area contributed by atoms with Crippen molar-refractivity contribution in [3.05, 3.63) is 29.8 Å². The van der Waals surface area contributed by atoms with Crippen molar-refractivity contribution in [3.63, 3.8) is 0 Å². The molecule has 2 saturated heterocycles. The molecule has 30 heavy (non-hydrogen) atoms. The minimum absolute atomic E-state index is 0.0267. The Morgan fingerprint density at radius 1 is 1.10 bits per heavy atom. The number of likely N-dealkylation sites (tertiary alicyclic amines) is 1. The summed E-state index contributed by atoms with van der Waals surface area (Å²) in [4.78, 5) is 32.8. The van der Waals surface area contributed by atoms with Crippen LogP contribution in [0.2, 0.25) is 0 Å². The lowest BCUT2D eigenvalue weighted by molar-refractivity contribution is -0.136. The number of ether oxygens (including phenoxy) is 1. The van der Waals surface area contributed by atoms with Crippen LogP contribution in [0, 0.1) is 5.92 Å². The van der Waals surface area contributed by atoms with Crippen molar-refractivity contribution < 1.29 is 14.3 Å². The highest BCUT2D eigenvalue weighted by molar-refractivity contribution is 7.98. The minimum Gasteiger partial charge on any atom is -0.497 e. The summed E-state index contributed by atoms with van der Waals surface area (Å²) in [5.74, 6) is 2.13. The molecule has 0 saturated carbocycles. The standard InChI is InChI=1S/C23H35N3O3S/c1-17(2)14-26-22(28)25(15-19-6-8-20(29-4)9-7-19)21(27)23(26)10-12-24(13-11-23)18(3)16-30-5/h6-9,17-18H,10-16H2,1-5H3. The lowest BCUT2D eigenvalue weighted by atomic mass is 9.85. The van der Waals surface area contributed by atoms with Crippen molar-refractivity contribution in [2.75, 3.05) is 38.8 Å². The molecule has 1 unspecified atom stereocenters. The van der Waals surface area contributed by atoms with Gasteiger partial charge >= 0.3 is 6.03 Å². The van der Waals surface area contributed by atoms with Crippen molar-refractivity contribution >= 4 is 23.7 Å². The highest BCUT2D eigenvalue weighted by atomic mass is 32.2. The molecule has 166 valence electrons. The molecule has 0 bridgehead atoms. The van der Waals surface area contributed by atoms with Crippen LogP contribution in [0.25, 0.3) is 0 Å². The van der Waals surface area contributed by atoms with E-state index in [1.165, 1.54) is 4.90 Å². The number of rotatable bonds is 8. The van der Waals surface area contributed by atoms with Gasteiger partial charge in [-0.2, -0.15) is 11.8 Å². The number of piperidine rings is 1. The van der Waals surface area contributed by atoms with E-state index in [2.05, 4.69) is 31.9 Å². The predicted octanol–water partition coefficient (Wildman–Crippen LogP) is 3.70. The van der Waals surface area contributed by atoms with E-state index in [9.17, 15) is 9.59 Å². The molecule has 1 aromatic carbocycles. The molecule has 2 fully saturated rings. The molecular formula is C23H35N3O3S. The first-order valence-electron chi connectivity index (χ1n) is 10.8. The van der Waals surface area contributed by atoms with Crippen molar-refractivity contribution in [3.8, 4) is 5.75 Å². The second kappa shape index (κ2) is 9.60. The third-order valence-corrected chi connectivity index (χ3v) is 7.14. The average molecular weight is 434 g/mol. The van der Waals surface area contributed by atoms with Crippen LogP contribution in [0.3, 0.4) is 0 Å². The first-order chi connectivity index (χ1) is 14.3. The van der Waals surface area contributed by atoms with Gasteiger partial charge < -0.3 is 9.64 Å². The van der Waals surface area contributed by atoms with E-state index in [4.69, 9.17) is 4.74 Å². The van der Waals surface area contributed by atoms with Crippen LogP contribution in [-0.2, 0) is 11.3 Å². The summed E-state index contributed by atoms with van der Waals surface area (Å²) in [5, 5.41) is 0. The zero-order valence-electron chi connectivity index (χ0n) is 18.9. The van der Waals surface area contributed by atoms with Gasteiger partial charge in [-0.05, 0) is 49.6 Å². The summed E-state index contributed by atoms with van der Waals surface area (Å²) in [6.45, 7) is 9.09. The van der Waals surface area contributed by atoms with E-state index in [1.54, 1.807) is 7.11 Å². The number of methoxy groups -OCH3 is 1. The van der Waals surface area contributed by atoms with Crippen LogP contribution < -0.4 is 4.74 Å². The van der Waals surface area contributed by atoms with Gasteiger partial charge in [-0.1, -0.05) is 26.0 Å². The molecule has 2 heterocycles. The van der Waals surface area contributed by atoms with Gasteiger partial charge in [0.25, 0.3) is 5.91 Å². The second-order valence-electron chi connectivity index (χ2n) is 8.90. The van der Waals surface area contributed by atoms with Gasteiger partial charge in [0.15, 0.2) is 0 Å². The first kappa shape index (κ1) is 22.9. The van der Waals surface area contributed by atoms with Gasteiger partial charge in [-0.3, -0.25) is 14.6 Å². The second-order valence-corrected chi connectivity index (χ2v) is 9.81. The highest BCUT2D eigenvalue weighted by Crippen LogP contribution is 2.39. The summed E-state index contributed by atoms with van der Waals surface area (Å²) in [5.41, 5.74) is 0.244. The third kappa shape index (κ3) is 4.47. The maximum absolute atomic E-state index is 13.6. The summed E-state index contributed by atoms with van der Waals surface area (Å²) >= 11 is 1.85. The molecule has 1 spiro atoms. The zero-order valence-corrected chi connectivity index (χ0v) is 19.7. The molecule has 2 aliphatic rings. The lowest BCUT2D eigenvalue weighted by Gasteiger charge is -2.44. The maximum atomic E-state index is 13.6. The molecule has 7 heteroatoms. The molecule has 1 aromatic rings. The Hall–Kier alpha value is -1.73. The molecule has 3 rings (SSSR count). The van der Waals surface area contributed by atoms with Gasteiger partial charge in [-0.25, -0.2) is 4.79 Å². The van der Waals surface area contributed by atoms with Gasteiger partial charge in [0.05, 0.1) is 13.7 Å². The Kier molecular flexibility index (Phi) is 7.34. The number of hydrogen-bond acceptors (Lipinski definition) is 5. The van der Waals surface area contributed by atoms with E-state index < -0.39 is 5.54 Å². The molecule has 0 aromatic heterocycles. The van der Waals surface area contributed by atoms with Gasteiger partial charge in [0.2, 0.25) is 0 Å². The van der Waals surface area contributed by atoms with Crippen LogP contribution in [-0.4, -0.2) is 77.0 Å². The molecule has 6 nitrogen and oxygen atoms in total. The van der Waals surface area contributed by atoms with E-state index in [1.807, 2.05) is 40.9 Å². The minimum atomic E-state index is -0.691. The number of thioether (sulfide) groups is 1. The summed E-state index contributed by atoms with van der Waals surface area (Å²) < 4.78 is 5.22. The molecular weight excluding hydrogens is 398 g/mol. The Morgan fingerprint density at radius 3 is 2.27 bits per heavy atom. The molecule has 0 aliphatic carbocycles. The van der Waals surface area contributed by atoms with Crippen LogP contribution in [0.5, 0.6) is 5.75 Å². The Labute approximate surface area is 184 Å². The van der Waals surface area contributed by atoms with Crippen molar-refractivity contribution in [1.29, 1.82) is 0 Å². The van der Waals surface area contributed by atoms with Crippen molar-refractivity contribution in [2.24, 2.45) is 5.92 Å². The maximum Gasteiger partial charge on any atom is 0.327 e. The van der Waals surface area contributed by atoms with Crippen molar-refractivity contribution in [2.45, 2.75) is 51.7 Å². The SMILES string of the molecule is COc1ccc(CN2C(=O)N(CC(C)C)C3(CCN(C(C)CSC)CC3)C2=O)cc1. The molecule has 0 radical (unpaired) electrons. The summed E-state index contributed by atoms with van der Waals surface area (Å²) in [6.07, 6.45) is 3.55. The number of urea groups is 1.